The standard InChI is InChI=1S/C19H20F4N2O2/c1-26-17-7-4-14(12-16(17)20)18(25-10-8-24-9-11-25)13-2-5-15(6-3-13)27-19(21,22)23/h2-7,12,18,24H,8-11H2,1H3/t18-/m1/s1. The first-order chi connectivity index (χ1) is 12.9. The molecule has 0 bridgehead atoms. The third-order valence-corrected chi connectivity index (χ3v) is 4.44. The van der Waals surface area contributed by atoms with E-state index in [0.717, 1.165) is 31.7 Å². The SMILES string of the molecule is COc1ccc([C@@H](c2ccc(OC(F)(F)F)cc2)N2CCNCC2)cc1F. The van der Waals surface area contributed by atoms with Crippen LogP contribution in [0.1, 0.15) is 17.2 Å². The first kappa shape index (κ1) is 19.4. The minimum Gasteiger partial charge on any atom is -0.494 e. The smallest absolute Gasteiger partial charge is 0.494 e. The van der Waals surface area contributed by atoms with E-state index in [1.165, 1.54) is 25.3 Å². The second kappa shape index (κ2) is 8.14. The fraction of sp³-hybridized carbons (Fsp3) is 0.368. The molecule has 8 heteroatoms. The molecular formula is C19H20F4N2O2. The van der Waals surface area contributed by atoms with Crippen LogP contribution in [0.15, 0.2) is 42.5 Å². The van der Waals surface area contributed by atoms with Gasteiger partial charge in [0.25, 0.3) is 0 Å². The Morgan fingerprint density at radius 2 is 1.63 bits per heavy atom. The first-order valence-corrected chi connectivity index (χ1v) is 8.51. The van der Waals surface area contributed by atoms with Crippen molar-refractivity contribution in [2.45, 2.75) is 12.4 Å². The molecular weight excluding hydrogens is 364 g/mol. The van der Waals surface area contributed by atoms with Gasteiger partial charge in [0, 0.05) is 26.2 Å². The molecule has 4 nitrogen and oxygen atoms in total. The molecule has 1 aliphatic rings. The van der Waals surface area contributed by atoms with Gasteiger partial charge in [-0.1, -0.05) is 18.2 Å². The second-order valence-corrected chi connectivity index (χ2v) is 6.20. The monoisotopic (exact) mass is 384 g/mol. The highest BCUT2D eigenvalue weighted by atomic mass is 19.4. The summed E-state index contributed by atoms with van der Waals surface area (Å²) >= 11 is 0. The van der Waals surface area contributed by atoms with Crippen LogP contribution < -0.4 is 14.8 Å². The highest BCUT2D eigenvalue weighted by Gasteiger charge is 2.31. The summed E-state index contributed by atoms with van der Waals surface area (Å²) in [5.74, 6) is -0.620. The van der Waals surface area contributed by atoms with Crippen LogP contribution in [0.25, 0.3) is 0 Å². The van der Waals surface area contributed by atoms with E-state index >= 15 is 0 Å². The van der Waals surface area contributed by atoms with E-state index in [4.69, 9.17) is 4.74 Å². The molecule has 1 atom stereocenters. The maximum Gasteiger partial charge on any atom is 0.573 e. The van der Waals surface area contributed by atoms with Gasteiger partial charge in [0.1, 0.15) is 5.75 Å². The van der Waals surface area contributed by atoms with Crippen molar-refractivity contribution in [2.24, 2.45) is 0 Å². The van der Waals surface area contributed by atoms with E-state index in [0.29, 0.717) is 5.56 Å². The van der Waals surface area contributed by atoms with Crippen molar-refractivity contribution in [1.82, 2.24) is 10.2 Å². The number of nitrogens with one attached hydrogen (secondary N) is 1. The van der Waals surface area contributed by atoms with Gasteiger partial charge in [0.2, 0.25) is 0 Å². The van der Waals surface area contributed by atoms with E-state index in [2.05, 4.69) is 15.0 Å². The van der Waals surface area contributed by atoms with Gasteiger partial charge in [0.15, 0.2) is 11.6 Å². The number of hydrogen-bond acceptors (Lipinski definition) is 4. The Labute approximate surface area is 154 Å². The third kappa shape index (κ3) is 4.90. The van der Waals surface area contributed by atoms with Gasteiger partial charge >= 0.3 is 6.36 Å². The van der Waals surface area contributed by atoms with E-state index in [1.54, 1.807) is 24.3 Å². The Bertz CT molecular complexity index is 759. The van der Waals surface area contributed by atoms with Gasteiger partial charge in [-0.25, -0.2) is 4.39 Å². The quantitative estimate of drug-likeness (QED) is 0.797. The summed E-state index contributed by atoms with van der Waals surface area (Å²) < 4.78 is 60.3. The number of alkyl halides is 3. The molecule has 1 saturated heterocycles. The van der Waals surface area contributed by atoms with Crippen LogP contribution in [0, 0.1) is 5.82 Å². The van der Waals surface area contributed by atoms with Gasteiger partial charge in [-0.3, -0.25) is 4.90 Å². The molecule has 2 aromatic rings. The maximum atomic E-state index is 14.2. The van der Waals surface area contributed by atoms with Gasteiger partial charge in [-0.05, 0) is 35.4 Å². The largest absolute Gasteiger partial charge is 0.573 e. The normalized spacial score (nSPS) is 16.8. The van der Waals surface area contributed by atoms with Gasteiger partial charge < -0.3 is 14.8 Å². The third-order valence-electron chi connectivity index (χ3n) is 4.44. The summed E-state index contributed by atoms with van der Waals surface area (Å²) in [5.41, 5.74) is 1.47. The Balaban J connectivity index is 1.93. The van der Waals surface area contributed by atoms with Crippen LogP contribution in [-0.4, -0.2) is 44.6 Å². The highest BCUT2D eigenvalue weighted by molar-refractivity contribution is 5.38. The van der Waals surface area contributed by atoms with Crippen molar-refractivity contribution in [1.29, 1.82) is 0 Å². The van der Waals surface area contributed by atoms with Crippen LogP contribution in [0.3, 0.4) is 0 Å². The van der Waals surface area contributed by atoms with Crippen LogP contribution in [0.5, 0.6) is 11.5 Å². The Morgan fingerprint density at radius 3 is 2.19 bits per heavy atom. The first-order valence-electron chi connectivity index (χ1n) is 8.51. The molecule has 0 aliphatic carbocycles. The molecule has 1 N–H and O–H groups in total. The van der Waals surface area contributed by atoms with E-state index in [9.17, 15) is 17.6 Å². The zero-order valence-electron chi connectivity index (χ0n) is 14.7. The topological polar surface area (TPSA) is 33.7 Å². The molecule has 1 aliphatic heterocycles. The highest BCUT2D eigenvalue weighted by Crippen LogP contribution is 2.33. The van der Waals surface area contributed by atoms with Crippen LogP contribution in [0.2, 0.25) is 0 Å². The van der Waals surface area contributed by atoms with Crippen molar-refractivity contribution in [3.05, 3.63) is 59.4 Å². The minimum atomic E-state index is -4.74. The molecule has 0 saturated carbocycles. The molecule has 0 radical (unpaired) electrons. The van der Waals surface area contributed by atoms with Crippen molar-refractivity contribution in [3.8, 4) is 11.5 Å². The van der Waals surface area contributed by atoms with Crippen molar-refractivity contribution in [3.63, 3.8) is 0 Å². The molecule has 2 aromatic carbocycles. The summed E-state index contributed by atoms with van der Waals surface area (Å²) in [6.07, 6.45) is -4.74. The summed E-state index contributed by atoms with van der Waals surface area (Å²) in [5, 5.41) is 3.26. The zero-order valence-corrected chi connectivity index (χ0v) is 14.7. The molecule has 0 aromatic heterocycles. The van der Waals surface area contributed by atoms with Crippen LogP contribution >= 0.6 is 0 Å². The van der Waals surface area contributed by atoms with Crippen LogP contribution in [0.4, 0.5) is 17.6 Å². The fourth-order valence-corrected chi connectivity index (χ4v) is 3.26. The number of hydrogen-bond donors (Lipinski definition) is 1. The summed E-state index contributed by atoms with van der Waals surface area (Å²) in [4.78, 5) is 2.16. The van der Waals surface area contributed by atoms with Gasteiger partial charge in [-0.15, -0.1) is 13.2 Å². The lowest BCUT2D eigenvalue weighted by atomic mass is 9.96. The molecule has 0 unspecified atom stereocenters. The summed E-state index contributed by atoms with van der Waals surface area (Å²) in [6.45, 7) is 3.03. The van der Waals surface area contributed by atoms with E-state index in [-0.39, 0.29) is 17.5 Å². The lowest BCUT2D eigenvalue weighted by Gasteiger charge is -2.35. The molecule has 1 fully saturated rings. The summed E-state index contributed by atoms with van der Waals surface area (Å²) in [7, 11) is 1.39. The predicted octanol–water partition coefficient (Wildman–Crippen LogP) is 3.73. The van der Waals surface area contributed by atoms with Gasteiger partial charge in [0.05, 0.1) is 13.2 Å². The second-order valence-electron chi connectivity index (χ2n) is 6.20. The Kier molecular flexibility index (Phi) is 5.86. The number of ether oxygens (including phenoxy) is 2. The molecule has 0 spiro atoms. The maximum absolute atomic E-state index is 14.2. The fourth-order valence-electron chi connectivity index (χ4n) is 3.26. The number of methoxy groups -OCH3 is 1. The number of halogens is 4. The zero-order chi connectivity index (χ0) is 19.4. The van der Waals surface area contributed by atoms with E-state index < -0.39 is 12.2 Å². The molecule has 3 rings (SSSR count). The average molecular weight is 384 g/mol. The lowest BCUT2D eigenvalue weighted by molar-refractivity contribution is -0.274. The minimum absolute atomic E-state index is 0.145. The van der Waals surface area contributed by atoms with Crippen molar-refractivity contribution >= 4 is 0 Å². The molecule has 146 valence electrons. The Morgan fingerprint density at radius 1 is 1.00 bits per heavy atom. The number of benzene rings is 2. The lowest BCUT2D eigenvalue weighted by Crippen LogP contribution is -2.45. The van der Waals surface area contributed by atoms with E-state index in [1.807, 2.05) is 0 Å². The molecule has 27 heavy (non-hydrogen) atoms. The average Bonchev–Trinajstić information content (AvgIpc) is 2.63. The number of rotatable bonds is 5. The van der Waals surface area contributed by atoms with Gasteiger partial charge in [-0.2, -0.15) is 0 Å². The molecule has 1 heterocycles. The van der Waals surface area contributed by atoms with Crippen molar-refractivity contribution < 1.29 is 27.0 Å². The van der Waals surface area contributed by atoms with Crippen molar-refractivity contribution in [2.75, 3.05) is 33.3 Å². The number of piperazine rings is 1. The van der Waals surface area contributed by atoms with Crippen LogP contribution in [-0.2, 0) is 0 Å². The summed E-state index contributed by atoms with van der Waals surface area (Å²) in [6, 6.07) is 10.2. The number of nitrogens with zero attached hydrogens (tertiary/aromatic N) is 1. The molecule has 0 amide bonds. The Hall–Kier alpha value is -2.32. The predicted molar refractivity (Wildman–Crippen MR) is 92.4 cm³/mol.